The highest BCUT2D eigenvalue weighted by molar-refractivity contribution is 6.30. The number of likely N-dealkylation sites (tertiary alicyclic amines) is 1. The fraction of sp³-hybridized carbons (Fsp3) is 0.529. The molecule has 0 bridgehead atoms. The monoisotopic (exact) mass is 971 g/mol. The second kappa shape index (κ2) is 17.4. The summed E-state index contributed by atoms with van der Waals surface area (Å²) in [6.45, 7) is 7.62. The van der Waals surface area contributed by atoms with Crippen LogP contribution in [0.1, 0.15) is 116 Å². The van der Waals surface area contributed by atoms with E-state index in [1.807, 2.05) is 31.7 Å². The maximum atomic E-state index is 16.3. The molecule has 7 aliphatic rings. The molecule has 6 aliphatic heterocycles. The van der Waals surface area contributed by atoms with Gasteiger partial charge in [0.1, 0.15) is 23.7 Å². The number of alkyl halides is 3. The molecule has 1 saturated carbocycles. The zero-order valence-corrected chi connectivity index (χ0v) is 39.3. The van der Waals surface area contributed by atoms with E-state index in [2.05, 4.69) is 38.1 Å². The van der Waals surface area contributed by atoms with E-state index in [0.29, 0.717) is 43.5 Å². The fourth-order valence-corrected chi connectivity index (χ4v) is 12.3. The molecule has 18 heteroatoms. The van der Waals surface area contributed by atoms with Crippen LogP contribution >= 0.6 is 11.6 Å². The summed E-state index contributed by atoms with van der Waals surface area (Å²) in [5, 5.41) is 12.0. The summed E-state index contributed by atoms with van der Waals surface area (Å²) in [5.41, 5.74) is 0.209. The second-order valence-corrected chi connectivity index (χ2v) is 21.6. The molecule has 2 spiro atoms. The molecular formula is C51H54ClF4N7O6. The number of imide groups is 1. The van der Waals surface area contributed by atoms with Crippen molar-refractivity contribution in [3.05, 3.63) is 93.0 Å². The first-order chi connectivity index (χ1) is 32.8. The predicted molar refractivity (Wildman–Crippen MR) is 245 cm³/mol. The van der Waals surface area contributed by atoms with E-state index in [9.17, 15) is 37.1 Å². The van der Waals surface area contributed by atoms with Crippen LogP contribution in [-0.2, 0) is 42.1 Å². The molecule has 1 unspecified atom stereocenters. The van der Waals surface area contributed by atoms with Gasteiger partial charge in [-0.3, -0.25) is 34.3 Å². The van der Waals surface area contributed by atoms with Gasteiger partial charge in [0.15, 0.2) is 0 Å². The number of halogens is 5. The fourth-order valence-electron chi connectivity index (χ4n) is 12.1. The lowest BCUT2D eigenvalue weighted by Crippen LogP contribution is -2.53. The van der Waals surface area contributed by atoms with Crippen LogP contribution in [0, 0.1) is 34.4 Å². The third-order valence-corrected chi connectivity index (χ3v) is 15.8. The Morgan fingerprint density at radius 3 is 2.61 bits per heavy atom. The van der Waals surface area contributed by atoms with Crippen molar-refractivity contribution in [1.29, 1.82) is 0 Å². The lowest BCUT2D eigenvalue weighted by Gasteiger charge is -2.39. The molecule has 1 aromatic heterocycles. The quantitative estimate of drug-likeness (QED) is 0.128. The summed E-state index contributed by atoms with van der Waals surface area (Å²) in [4.78, 5) is 73.6. The van der Waals surface area contributed by atoms with Crippen molar-refractivity contribution >= 4 is 46.8 Å². The number of amides is 5. The van der Waals surface area contributed by atoms with Crippen LogP contribution in [0.15, 0.2) is 48.7 Å². The summed E-state index contributed by atoms with van der Waals surface area (Å²) >= 11 is 6.37. The highest BCUT2D eigenvalue weighted by Crippen LogP contribution is 2.58. The molecule has 5 fully saturated rings. The van der Waals surface area contributed by atoms with Gasteiger partial charge in [0.05, 0.1) is 23.7 Å². The average Bonchev–Trinajstić information content (AvgIpc) is 3.52. The number of pyridine rings is 1. The minimum Gasteiger partial charge on any atom is -0.384 e. The molecule has 5 amide bonds. The first-order valence-corrected chi connectivity index (χ1v) is 24.1. The number of benzene rings is 2. The van der Waals surface area contributed by atoms with Crippen molar-refractivity contribution < 1.29 is 46.3 Å². The van der Waals surface area contributed by atoms with Gasteiger partial charge in [-0.2, -0.15) is 13.2 Å². The van der Waals surface area contributed by atoms with Crippen LogP contribution in [0.25, 0.3) is 0 Å². The number of ether oxygens (including phenoxy) is 1. The van der Waals surface area contributed by atoms with Crippen molar-refractivity contribution in [3.63, 3.8) is 0 Å². The SMILES string of the molecule is CC(C)(C)C[C@@H]1N[C@@H](C(=O)N[C@@H]2CC[C@@H](C(=O)N3CCC[C@@]4(C[C@H]4C#Cc4cccc5c4CN(C4CCC(=O)NC4=O)C5=O)C3)OC2)[C@H](c2cccc(Cl)c2F)[C@]12CNc1cc(C(F)(F)F)ncc12. The van der Waals surface area contributed by atoms with E-state index in [0.717, 1.165) is 36.5 Å². The standard InChI is InChI=1S/C51H54ClF4N7O6/c1-48(2,3)21-39-50(25-58-35-19-38(51(54,55)56)57-22-33(35)50)41(31-9-5-10-34(52)42(31)53)43(60-39)45(66)59-29-13-15-37(69-24-29)47(68)62-18-6-17-49(26-62)20-28(49)12-11-27-7-4-8-30-32(27)23-63(46(30)67)36-14-16-40(64)61-44(36)65/h4-5,7-10,19,22,28-29,36-37,39,41,43,58,60H,6,13-18,20-21,23-26H2,1-3H3,(H,59,66)(H,61,64,65)/t28-,29-,36?,37+,39+,41+,43-,49-,50+/m1/s1. The molecule has 4 saturated heterocycles. The maximum absolute atomic E-state index is 16.3. The molecule has 1 aliphatic carbocycles. The zero-order chi connectivity index (χ0) is 48.8. The normalized spacial score (nSPS) is 30.7. The number of carbonyl (C=O) groups excluding carboxylic acids is 5. The van der Waals surface area contributed by atoms with Gasteiger partial charge in [0.2, 0.25) is 17.7 Å². The largest absolute Gasteiger partial charge is 0.433 e. The van der Waals surface area contributed by atoms with Gasteiger partial charge in [0.25, 0.3) is 11.8 Å². The number of fused-ring (bicyclic) bond motifs is 3. The van der Waals surface area contributed by atoms with Crippen molar-refractivity contribution in [3.8, 4) is 11.8 Å². The molecule has 364 valence electrons. The molecule has 4 N–H and O–H groups in total. The highest BCUT2D eigenvalue weighted by atomic mass is 35.5. The molecule has 13 nitrogen and oxygen atoms in total. The second-order valence-electron chi connectivity index (χ2n) is 21.2. The number of nitrogens with one attached hydrogen (secondary N) is 4. The van der Waals surface area contributed by atoms with Gasteiger partial charge in [-0.1, -0.05) is 62.4 Å². The average molecular weight is 972 g/mol. The zero-order valence-electron chi connectivity index (χ0n) is 38.5. The molecule has 10 rings (SSSR count). The number of piperidine rings is 2. The minimum atomic E-state index is -4.69. The first-order valence-electron chi connectivity index (χ1n) is 23.8. The molecule has 3 aromatic rings. The third kappa shape index (κ3) is 8.54. The summed E-state index contributed by atoms with van der Waals surface area (Å²) in [6, 6.07) is 8.23. The number of carbonyl (C=O) groups is 5. The Hall–Kier alpha value is -5.57. The van der Waals surface area contributed by atoms with Crippen LogP contribution < -0.4 is 21.3 Å². The summed E-state index contributed by atoms with van der Waals surface area (Å²) in [5.74, 6) is 3.59. The van der Waals surface area contributed by atoms with Crippen molar-refractivity contribution in [2.24, 2.45) is 16.7 Å². The Balaban J connectivity index is 0.803. The van der Waals surface area contributed by atoms with Crippen LogP contribution in [0.2, 0.25) is 5.02 Å². The molecule has 0 radical (unpaired) electrons. The Morgan fingerprint density at radius 1 is 1.07 bits per heavy atom. The Labute approximate surface area is 402 Å². The van der Waals surface area contributed by atoms with Crippen molar-refractivity contribution in [1.82, 2.24) is 30.7 Å². The van der Waals surface area contributed by atoms with E-state index in [1.165, 1.54) is 17.2 Å². The maximum Gasteiger partial charge on any atom is 0.433 e. The number of anilines is 1. The summed E-state index contributed by atoms with van der Waals surface area (Å²) in [7, 11) is 0. The van der Waals surface area contributed by atoms with E-state index >= 15 is 4.39 Å². The minimum absolute atomic E-state index is 0.0526. The van der Waals surface area contributed by atoms with Crippen LogP contribution in [0.4, 0.5) is 23.2 Å². The lowest BCUT2D eigenvalue weighted by atomic mass is 9.63. The van der Waals surface area contributed by atoms with Crippen LogP contribution in [0.5, 0.6) is 0 Å². The van der Waals surface area contributed by atoms with Crippen LogP contribution in [0.3, 0.4) is 0 Å². The van der Waals surface area contributed by atoms with Gasteiger partial charge in [-0.15, -0.1) is 0 Å². The van der Waals surface area contributed by atoms with Gasteiger partial charge in [-0.05, 0) is 85.8 Å². The Bertz CT molecular complexity index is 2710. The van der Waals surface area contributed by atoms with E-state index in [4.69, 9.17) is 16.3 Å². The Kier molecular flexibility index (Phi) is 11.9. The van der Waals surface area contributed by atoms with Crippen molar-refractivity contribution in [2.75, 3.05) is 31.6 Å². The van der Waals surface area contributed by atoms with E-state index in [1.54, 1.807) is 24.3 Å². The van der Waals surface area contributed by atoms with Gasteiger partial charge in [-0.25, -0.2) is 4.39 Å². The van der Waals surface area contributed by atoms with E-state index < -0.39 is 71.1 Å². The Morgan fingerprint density at radius 2 is 1.87 bits per heavy atom. The van der Waals surface area contributed by atoms with E-state index in [-0.39, 0.29) is 83.3 Å². The molecule has 7 heterocycles. The molecule has 2 aromatic carbocycles. The highest BCUT2D eigenvalue weighted by Gasteiger charge is 2.62. The summed E-state index contributed by atoms with van der Waals surface area (Å²) in [6.07, 6.45) is 0.108. The molecule has 9 atom stereocenters. The smallest absolute Gasteiger partial charge is 0.384 e. The van der Waals surface area contributed by atoms with Gasteiger partial charge >= 0.3 is 6.18 Å². The van der Waals surface area contributed by atoms with Gasteiger partial charge in [0, 0.05) is 89.9 Å². The van der Waals surface area contributed by atoms with Crippen molar-refractivity contribution in [2.45, 2.75) is 126 Å². The number of aromatic nitrogens is 1. The number of hydrogen-bond acceptors (Lipinski definition) is 9. The molecular weight excluding hydrogens is 918 g/mol. The number of hydrogen-bond donors (Lipinski definition) is 4. The number of rotatable bonds is 6. The van der Waals surface area contributed by atoms with Gasteiger partial charge < -0.3 is 30.5 Å². The molecule has 69 heavy (non-hydrogen) atoms. The number of nitrogens with zero attached hydrogens (tertiary/aromatic N) is 3. The summed E-state index contributed by atoms with van der Waals surface area (Å²) < 4.78 is 64.1. The topological polar surface area (TPSA) is 162 Å². The third-order valence-electron chi connectivity index (χ3n) is 15.5. The van der Waals surface area contributed by atoms with Crippen LogP contribution in [-0.4, -0.2) is 101 Å². The first kappa shape index (κ1) is 47.1. The predicted octanol–water partition coefficient (Wildman–Crippen LogP) is 6.22. The lowest BCUT2D eigenvalue weighted by molar-refractivity contribution is -0.150.